The quantitative estimate of drug-likeness (QED) is 0.740. The lowest BCUT2D eigenvalue weighted by Crippen LogP contribution is -2.31. The monoisotopic (exact) mass is 177 g/mol. The number of H-pyrrole nitrogens is 1. The Hall–Kier alpha value is -0.830. The number of hydrogen-bond acceptors (Lipinski definition) is 2. The summed E-state index contributed by atoms with van der Waals surface area (Å²) < 4.78 is 0. The smallest absolute Gasteiger partial charge is 0.120 e. The lowest BCUT2D eigenvalue weighted by molar-refractivity contribution is 0.201. The summed E-state index contributed by atoms with van der Waals surface area (Å²) in [6.45, 7) is 2.32. The number of rotatable bonds is 2. The van der Waals surface area contributed by atoms with Crippen molar-refractivity contribution >= 4 is 0 Å². The summed E-state index contributed by atoms with van der Waals surface area (Å²) in [6, 6.07) is 0.857. The number of fused-ring (bicyclic) bond motifs is 2. The topological polar surface area (TPSA) is 31.9 Å². The molecule has 3 nitrogen and oxygen atoms in total. The highest BCUT2D eigenvalue weighted by Crippen LogP contribution is 2.37. The second kappa shape index (κ2) is 2.84. The van der Waals surface area contributed by atoms with Crippen LogP contribution >= 0.6 is 0 Å². The highest BCUT2D eigenvalue weighted by Gasteiger charge is 2.37. The van der Waals surface area contributed by atoms with Gasteiger partial charge in [0.15, 0.2) is 0 Å². The van der Waals surface area contributed by atoms with Crippen molar-refractivity contribution in [3.63, 3.8) is 0 Å². The van der Waals surface area contributed by atoms with E-state index in [4.69, 9.17) is 0 Å². The van der Waals surface area contributed by atoms with Crippen LogP contribution in [0.15, 0.2) is 12.4 Å². The maximum atomic E-state index is 4.27. The average Bonchev–Trinajstić information content (AvgIpc) is 2.77. The Bertz CT molecular complexity index is 280. The molecule has 3 heteroatoms. The van der Waals surface area contributed by atoms with Gasteiger partial charge in [0.05, 0.1) is 6.54 Å². The van der Waals surface area contributed by atoms with Gasteiger partial charge in [0.1, 0.15) is 5.82 Å². The number of imidazole rings is 1. The van der Waals surface area contributed by atoms with E-state index in [2.05, 4.69) is 14.9 Å². The Morgan fingerprint density at radius 3 is 3.15 bits per heavy atom. The molecule has 70 valence electrons. The van der Waals surface area contributed by atoms with Gasteiger partial charge in [-0.3, -0.25) is 4.90 Å². The molecule has 1 aliphatic heterocycles. The van der Waals surface area contributed by atoms with Crippen molar-refractivity contribution in [1.29, 1.82) is 0 Å². The van der Waals surface area contributed by atoms with Crippen molar-refractivity contribution in [1.82, 2.24) is 14.9 Å². The molecule has 1 aromatic heterocycles. The first-order valence-electron chi connectivity index (χ1n) is 5.14. The number of likely N-dealkylation sites (tertiary alicyclic amines) is 1. The number of aromatic amines is 1. The standard InChI is InChI=1S/C10H15N3/c1-2-9-5-8(1)6-13(9)7-10-11-3-4-12-10/h3-4,8-9H,1-2,5-7H2,(H,11,12). The third-order valence-electron chi connectivity index (χ3n) is 3.43. The molecule has 2 unspecified atom stereocenters. The predicted octanol–water partition coefficient (Wildman–Crippen LogP) is 1.39. The molecule has 0 radical (unpaired) electrons. The molecule has 2 aliphatic rings. The fraction of sp³-hybridized carbons (Fsp3) is 0.700. The van der Waals surface area contributed by atoms with Crippen LogP contribution in [0.4, 0.5) is 0 Å². The molecule has 2 heterocycles. The summed E-state index contributed by atoms with van der Waals surface area (Å²) in [5, 5.41) is 0. The number of nitrogens with zero attached hydrogens (tertiary/aromatic N) is 2. The molecule has 2 atom stereocenters. The Labute approximate surface area is 78.2 Å². The molecule has 0 spiro atoms. The zero-order valence-electron chi connectivity index (χ0n) is 7.74. The third-order valence-corrected chi connectivity index (χ3v) is 3.43. The summed E-state index contributed by atoms with van der Waals surface area (Å²) in [4.78, 5) is 10.0. The van der Waals surface area contributed by atoms with E-state index in [0.29, 0.717) is 0 Å². The Morgan fingerprint density at radius 2 is 2.54 bits per heavy atom. The predicted molar refractivity (Wildman–Crippen MR) is 50.1 cm³/mol. The number of piperidine rings is 1. The number of hydrogen-bond donors (Lipinski definition) is 1. The van der Waals surface area contributed by atoms with Crippen LogP contribution in [0.5, 0.6) is 0 Å². The molecule has 2 fully saturated rings. The Balaban J connectivity index is 1.68. The second-order valence-electron chi connectivity index (χ2n) is 4.30. The van der Waals surface area contributed by atoms with Gasteiger partial charge >= 0.3 is 0 Å². The second-order valence-corrected chi connectivity index (χ2v) is 4.30. The average molecular weight is 177 g/mol. The van der Waals surface area contributed by atoms with Gasteiger partial charge in [-0.1, -0.05) is 0 Å². The molecule has 1 aromatic rings. The van der Waals surface area contributed by atoms with Crippen molar-refractivity contribution < 1.29 is 0 Å². The summed E-state index contributed by atoms with van der Waals surface area (Å²) in [7, 11) is 0. The van der Waals surface area contributed by atoms with Crippen LogP contribution < -0.4 is 0 Å². The largest absolute Gasteiger partial charge is 0.348 e. The number of nitrogens with one attached hydrogen (secondary N) is 1. The van der Waals surface area contributed by atoms with Crippen molar-refractivity contribution in [3.05, 3.63) is 18.2 Å². The zero-order valence-corrected chi connectivity index (χ0v) is 7.74. The van der Waals surface area contributed by atoms with E-state index in [1.54, 1.807) is 0 Å². The van der Waals surface area contributed by atoms with Gasteiger partial charge < -0.3 is 4.98 Å². The third kappa shape index (κ3) is 1.27. The van der Waals surface area contributed by atoms with Gasteiger partial charge in [-0.25, -0.2) is 4.98 Å². The van der Waals surface area contributed by atoms with Crippen LogP contribution in [0.2, 0.25) is 0 Å². The van der Waals surface area contributed by atoms with E-state index in [0.717, 1.165) is 24.3 Å². The molecule has 13 heavy (non-hydrogen) atoms. The van der Waals surface area contributed by atoms with Crippen LogP contribution in [0.1, 0.15) is 25.1 Å². The van der Waals surface area contributed by atoms with E-state index in [9.17, 15) is 0 Å². The molecule has 1 saturated heterocycles. The SMILES string of the molecule is c1c[nH]c(CN2CC3CCC2C3)n1. The molecule has 0 amide bonds. The first kappa shape index (κ1) is 7.56. The molecular formula is C10H15N3. The van der Waals surface area contributed by atoms with Gasteiger partial charge in [0.2, 0.25) is 0 Å². The Morgan fingerprint density at radius 1 is 1.54 bits per heavy atom. The van der Waals surface area contributed by atoms with Gasteiger partial charge in [0.25, 0.3) is 0 Å². The van der Waals surface area contributed by atoms with E-state index in [-0.39, 0.29) is 0 Å². The minimum Gasteiger partial charge on any atom is -0.348 e. The van der Waals surface area contributed by atoms with Crippen molar-refractivity contribution in [2.45, 2.75) is 31.8 Å². The van der Waals surface area contributed by atoms with E-state index >= 15 is 0 Å². The normalized spacial score (nSPS) is 32.9. The molecule has 0 aromatic carbocycles. The maximum absolute atomic E-state index is 4.27. The summed E-state index contributed by atoms with van der Waals surface area (Å²) in [5.74, 6) is 2.10. The molecule has 3 rings (SSSR count). The zero-order chi connectivity index (χ0) is 8.67. The van der Waals surface area contributed by atoms with Crippen LogP contribution in [0.3, 0.4) is 0 Å². The molecule has 1 aliphatic carbocycles. The lowest BCUT2D eigenvalue weighted by Gasteiger charge is -2.25. The highest BCUT2D eigenvalue weighted by atomic mass is 15.2. The Kier molecular flexibility index (Phi) is 1.65. The molecule has 1 saturated carbocycles. The van der Waals surface area contributed by atoms with Crippen LogP contribution in [0.25, 0.3) is 0 Å². The minimum absolute atomic E-state index is 0.857. The van der Waals surface area contributed by atoms with Crippen molar-refractivity contribution in [2.75, 3.05) is 6.54 Å². The van der Waals surface area contributed by atoms with Crippen molar-refractivity contribution in [3.8, 4) is 0 Å². The van der Waals surface area contributed by atoms with Gasteiger partial charge in [-0.2, -0.15) is 0 Å². The summed E-state index contributed by atoms with van der Waals surface area (Å²) >= 11 is 0. The van der Waals surface area contributed by atoms with Crippen LogP contribution in [0, 0.1) is 5.92 Å². The summed E-state index contributed by atoms with van der Waals surface area (Å²) in [5.41, 5.74) is 0. The molecular weight excluding hydrogens is 162 g/mol. The van der Waals surface area contributed by atoms with Crippen molar-refractivity contribution in [2.24, 2.45) is 5.92 Å². The lowest BCUT2D eigenvalue weighted by atomic mass is 10.1. The van der Waals surface area contributed by atoms with Gasteiger partial charge in [-0.15, -0.1) is 0 Å². The van der Waals surface area contributed by atoms with E-state index < -0.39 is 0 Å². The first-order chi connectivity index (χ1) is 6.42. The fourth-order valence-electron chi connectivity index (χ4n) is 2.80. The summed E-state index contributed by atoms with van der Waals surface area (Å²) in [6.07, 6.45) is 8.04. The van der Waals surface area contributed by atoms with Crippen LogP contribution in [-0.2, 0) is 6.54 Å². The molecule has 2 bridgehead atoms. The minimum atomic E-state index is 0.857. The maximum Gasteiger partial charge on any atom is 0.120 e. The first-order valence-corrected chi connectivity index (χ1v) is 5.14. The van der Waals surface area contributed by atoms with Gasteiger partial charge in [0, 0.05) is 25.0 Å². The fourth-order valence-corrected chi connectivity index (χ4v) is 2.80. The highest BCUT2D eigenvalue weighted by molar-refractivity contribution is 4.95. The van der Waals surface area contributed by atoms with Crippen LogP contribution in [-0.4, -0.2) is 27.5 Å². The number of aromatic nitrogens is 2. The molecule has 1 N–H and O–H groups in total. The van der Waals surface area contributed by atoms with Gasteiger partial charge in [-0.05, 0) is 25.2 Å². The van der Waals surface area contributed by atoms with E-state index in [1.165, 1.54) is 25.8 Å². The van der Waals surface area contributed by atoms with E-state index in [1.807, 2.05) is 12.4 Å².